The normalized spacial score (nSPS) is 17.9. The maximum absolute atomic E-state index is 12.5. The van der Waals surface area contributed by atoms with Crippen LogP contribution in [0.2, 0.25) is 0 Å². The molecule has 19 heavy (non-hydrogen) atoms. The van der Waals surface area contributed by atoms with E-state index in [1.165, 1.54) is 12.8 Å². The molecule has 0 saturated carbocycles. The summed E-state index contributed by atoms with van der Waals surface area (Å²) in [5.41, 5.74) is 3.24. The second-order valence-corrected chi connectivity index (χ2v) is 5.96. The minimum atomic E-state index is -0.545. The molecule has 2 rings (SSSR count). The second-order valence-electron chi connectivity index (χ2n) is 5.52. The Labute approximate surface area is 120 Å². The van der Waals surface area contributed by atoms with Gasteiger partial charge in [-0.25, -0.2) is 0 Å². The fraction of sp³-hybridized carbons (Fsp3) is 0.562. The van der Waals surface area contributed by atoms with Crippen LogP contribution in [0.25, 0.3) is 0 Å². The largest absolute Gasteiger partial charge is 0.341 e. The van der Waals surface area contributed by atoms with E-state index in [-0.39, 0.29) is 5.91 Å². The highest BCUT2D eigenvalue weighted by Crippen LogP contribution is 2.26. The number of amides is 1. The van der Waals surface area contributed by atoms with Gasteiger partial charge in [0.05, 0.1) is 0 Å². The van der Waals surface area contributed by atoms with Crippen molar-refractivity contribution in [2.24, 2.45) is 0 Å². The van der Waals surface area contributed by atoms with Crippen molar-refractivity contribution in [2.75, 3.05) is 13.1 Å². The van der Waals surface area contributed by atoms with Crippen molar-refractivity contribution in [3.05, 3.63) is 34.9 Å². The smallest absolute Gasteiger partial charge is 0.245 e. The van der Waals surface area contributed by atoms with Gasteiger partial charge in [-0.05, 0) is 32.3 Å². The van der Waals surface area contributed by atoms with E-state index in [2.05, 4.69) is 6.07 Å². The number of hydrogen-bond acceptors (Lipinski definition) is 1. The van der Waals surface area contributed by atoms with E-state index in [0.717, 1.165) is 42.6 Å². The van der Waals surface area contributed by atoms with Crippen LogP contribution in [0.4, 0.5) is 0 Å². The lowest BCUT2D eigenvalue weighted by atomic mass is 10.0. The predicted octanol–water partition coefficient (Wildman–Crippen LogP) is 3.99. The quantitative estimate of drug-likeness (QED) is 0.750. The van der Waals surface area contributed by atoms with E-state index in [4.69, 9.17) is 11.6 Å². The molecule has 1 atom stereocenters. The van der Waals surface area contributed by atoms with Crippen molar-refractivity contribution < 1.29 is 4.79 Å². The molecule has 0 spiro atoms. The molecule has 1 heterocycles. The van der Waals surface area contributed by atoms with Gasteiger partial charge < -0.3 is 4.90 Å². The Morgan fingerprint density at radius 3 is 2.11 bits per heavy atom. The maximum atomic E-state index is 12.5. The zero-order valence-corrected chi connectivity index (χ0v) is 12.5. The lowest BCUT2D eigenvalue weighted by Crippen LogP contribution is -2.34. The number of carbonyl (C=O) groups excluding carboxylic acids is 1. The standard InChI is InChI=1S/C16H22ClNO/c1-12-9-13(2)11-14(10-12)15(17)16(19)18-7-5-3-4-6-8-18/h9-11,15H,3-8H2,1-2H3. The molecule has 1 fully saturated rings. The molecule has 0 N–H and O–H groups in total. The number of alkyl halides is 1. The number of carbonyl (C=O) groups is 1. The molecule has 104 valence electrons. The number of aryl methyl sites for hydroxylation is 2. The summed E-state index contributed by atoms with van der Waals surface area (Å²) in [6.45, 7) is 5.78. The SMILES string of the molecule is Cc1cc(C)cc(C(Cl)C(=O)N2CCCCCC2)c1. The highest BCUT2D eigenvalue weighted by molar-refractivity contribution is 6.30. The molecule has 1 aliphatic heterocycles. The van der Waals surface area contributed by atoms with Crippen LogP contribution in [0.5, 0.6) is 0 Å². The van der Waals surface area contributed by atoms with Crippen LogP contribution in [0.15, 0.2) is 18.2 Å². The van der Waals surface area contributed by atoms with Crippen LogP contribution in [0.3, 0.4) is 0 Å². The van der Waals surface area contributed by atoms with Crippen molar-refractivity contribution in [1.29, 1.82) is 0 Å². The first kappa shape index (κ1) is 14.4. The zero-order chi connectivity index (χ0) is 13.8. The van der Waals surface area contributed by atoms with E-state index in [1.54, 1.807) is 0 Å². The molecular formula is C16H22ClNO. The third-order valence-corrected chi connectivity index (χ3v) is 4.11. The van der Waals surface area contributed by atoms with Crippen LogP contribution in [-0.4, -0.2) is 23.9 Å². The first-order valence-corrected chi connectivity index (χ1v) is 7.52. The summed E-state index contributed by atoms with van der Waals surface area (Å²) in [5.74, 6) is 0.0635. The first-order valence-electron chi connectivity index (χ1n) is 7.09. The fourth-order valence-electron chi connectivity index (χ4n) is 2.75. The lowest BCUT2D eigenvalue weighted by molar-refractivity contribution is -0.130. The Morgan fingerprint density at radius 2 is 1.58 bits per heavy atom. The van der Waals surface area contributed by atoms with Gasteiger partial charge in [0.2, 0.25) is 5.91 Å². The third kappa shape index (κ3) is 3.73. The van der Waals surface area contributed by atoms with Gasteiger partial charge >= 0.3 is 0 Å². The Balaban J connectivity index is 2.13. The van der Waals surface area contributed by atoms with Gasteiger partial charge in [-0.3, -0.25) is 4.79 Å². The fourth-order valence-corrected chi connectivity index (χ4v) is 3.01. The summed E-state index contributed by atoms with van der Waals surface area (Å²) in [7, 11) is 0. The average Bonchev–Trinajstić information content (AvgIpc) is 2.64. The van der Waals surface area contributed by atoms with Gasteiger partial charge in [0, 0.05) is 13.1 Å². The van der Waals surface area contributed by atoms with Gasteiger partial charge in [-0.15, -0.1) is 11.6 Å². The maximum Gasteiger partial charge on any atom is 0.245 e. The van der Waals surface area contributed by atoms with Crippen LogP contribution >= 0.6 is 11.6 Å². The minimum Gasteiger partial charge on any atom is -0.341 e. The minimum absolute atomic E-state index is 0.0635. The van der Waals surface area contributed by atoms with Gasteiger partial charge in [-0.2, -0.15) is 0 Å². The average molecular weight is 280 g/mol. The second kappa shape index (κ2) is 6.42. The van der Waals surface area contributed by atoms with Gasteiger partial charge in [0.15, 0.2) is 0 Å². The van der Waals surface area contributed by atoms with E-state index in [0.29, 0.717) is 0 Å². The molecular weight excluding hydrogens is 258 g/mol. The van der Waals surface area contributed by atoms with Crippen molar-refractivity contribution >= 4 is 17.5 Å². The third-order valence-electron chi connectivity index (χ3n) is 3.67. The Morgan fingerprint density at radius 1 is 1.05 bits per heavy atom. The first-order chi connectivity index (χ1) is 9.08. The molecule has 1 saturated heterocycles. The van der Waals surface area contributed by atoms with Crippen LogP contribution in [0, 0.1) is 13.8 Å². The highest BCUT2D eigenvalue weighted by Gasteiger charge is 2.24. The number of likely N-dealkylation sites (tertiary alicyclic amines) is 1. The Bertz CT molecular complexity index is 430. The number of benzene rings is 1. The number of halogens is 1. The van der Waals surface area contributed by atoms with Gasteiger partial charge in [0.1, 0.15) is 5.38 Å². The number of hydrogen-bond donors (Lipinski definition) is 0. The molecule has 1 aromatic carbocycles. The van der Waals surface area contributed by atoms with Gasteiger partial charge in [0.25, 0.3) is 0 Å². The Hall–Kier alpha value is -1.02. The van der Waals surface area contributed by atoms with Crippen molar-refractivity contribution in [2.45, 2.75) is 44.9 Å². The van der Waals surface area contributed by atoms with Crippen LogP contribution in [0.1, 0.15) is 47.8 Å². The topological polar surface area (TPSA) is 20.3 Å². The molecule has 0 aromatic heterocycles. The van der Waals surface area contributed by atoms with Gasteiger partial charge in [-0.1, -0.05) is 42.2 Å². The molecule has 1 aromatic rings. The molecule has 0 bridgehead atoms. The van der Waals surface area contributed by atoms with Crippen molar-refractivity contribution in [3.8, 4) is 0 Å². The van der Waals surface area contributed by atoms with Crippen molar-refractivity contribution in [3.63, 3.8) is 0 Å². The molecule has 0 radical (unpaired) electrons. The summed E-state index contributed by atoms with van der Waals surface area (Å²) in [6, 6.07) is 6.13. The molecule has 1 aliphatic rings. The molecule has 1 amide bonds. The molecule has 2 nitrogen and oxygen atoms in total. The van der Waals surface area contributed by atoms with E-state index in [9.17, 15) is 4.79 Å². The van der Waals surface area contributed by atoms with E-state index < -0.39 is 5.38 Å². The van der Waals surface area contributed by atoms with Crippen LogP contribution < -0.4 is 0 Å². The number of nitrogens with zero attached hydrogens (tertiary/aromatic N) is 1. The summed E-state index contributed by atoms with van der Waals surface area (Å²) < 4.78 is 0. The predicted molar refractivity (Wildman–Crippen MR) is 79.6 cm³/mol. The number of rotatable bonds is 2. The van der Waals surface area contributed by atoms with Crippen molar-refractivity contribution in [1.82, 2.24) is 4.90 Å². The molecule has 1 unspecified atom stereocenters. The Kier molecular flexibility index (Phi) is 4.87. The zero-order valence-electron chi connectivity index (χ0n) is 11.8. The van der Waals surface area contributed by atoms with E-state index in [1.807, 2.05) is 30.9 Å². The molecule has 3 heteroatoms. The summed E-state index contributed by atoms with van der Waals surface area (Å²) in [5, 5.41) is -0.545. The summed E-state index contributed by atoms with van der Waals surface area (Å²) in [4.78, 5) is 14.4. The van der Waals surface area contributed by atoms with E-state index >= 15 is 0 Å². The van der Waals surface area contributed by atoms with Crippen LogP contribution in [-0.2, 0) is 4.79 Å². The summed E-state index contributed by atoms with van der Waals surface area (Å²) >= 11 is 6.40. The lowest BCUT2D eigenvalue weighted by Gasteiger charge is -2.23. The summed E-state index contributed by atoms with van der Waals surface area (Å²) in [6.07, 6.45) is 4.64. The monoisotopic (exact) mass is 279 g/mol. The molecule has 0 aliphatic carbocycles. The highest BCUT2D eigenvalue weighted by atomic mass is 35.5.